The molecule has 0 amide bonds. The van der Waals surface area contributed by atoms with Gasteiger partial charge in [0.25, 0.3) is 0 Å². The molecule has 2 N–H and O–H groups in total. The smallest absolute Gasteiger partial charge is 0.355 e. The molecule has 7 nitrogen and oxygen atoms in total. The summed E-state index contributed by atoms with van der Waals surface area (Å²) in [5.41, 5.74) is 0.0430. The van der Waals surface area contributed by atoms with Crippen molar-refractivity contribution in [2.45, 2.75) is 6.54 Å². The zero-order valence-electron chi connectivity index (χ0n) is 8.41. The van der Waals surface area contributed by atoms with Gasteiger partial charge in [-0.15, -0.1) is 11.3 Å². The van der Waals surface area contributed by atoms with E-state index in [0.29, 0.717) is 17.5 Å². The van der Waals surface area contributed by atoms with Crippen molar-refractivity contribution in [3.05, 3.63) is 23.2 Å². The maximum absolute atomic E-state index is 10.6. The molecule has 2 aromatic heterocycles. The summed E-state index contributed by atoms with van der Waals surface area (Å²) in [5, 5.41) is 17.7. The van der Waals surface area contributed by atoms with Crippen molar-refractivity contribution in [3.63, 3.8) is 0 Å². The average molecular weight is 239 g/mol. The van der Waals surface area contributed by atoms with Gasteiger partial charge in [-0.1, -0.05) is 0 Å². The number of carbonyl (C=O) groups is 1. The van der Waals surface area contributed by atoms with Crippen LogP contribution in [0.15, 0.2) is 11.7 Å². The molecule has 0 aliphatic heterocycles. The van der Waals surface area contributed by atoms with E-state index in [1.165, 1.54) is 16.7 Å². The number of hydrogen-bond acceptors (Lipinski definition) is 6. The Bertz CT molecular complexity index is 506. The lowest BCUT2D eigenvalue weighted by Gasteiger charge is -1.96. The largest absolute Gasteiger partial charge is 0.476 e. The third-order valence-electron chi connectivity index (χ3n) is 1.77. The van der Waals surface area contributed by atoms with E-state index in [9.17, 15) is 4.79 Å². The molecule has 84 valence electrons. The van der Waals surface area contributed by atoms with Crippen LogP contribution in [0.3, 0.4) is 0 Å². The van der Waals surface area contributed by atoms with Gasteiger partial charge in [-0.3, -0.25) is 4.68 Å². The first-order chi connectivity index (χ1) is 7.65. The summed E-state index contributed by atoms with van der Waals surface area (Å²) >= 11 is 1.24. The Morgan fingerprint density at radius 2 is 2.50 bits per heavy atom. The number of carboxylic acid groups (broad SMARTS) is 1. The second-order valence-corrected chi connectivity index (χ2v) is 3.89. The van der Waals surface area contributed by atoms with Gasteiger partial charge in [0.15, 0.2) is 16.6 Å². The highest BCUT2D eigenvalue weighted by atomic mass is 32.1. The summed E-state index contributed by atoms with van der Waals surface area (Å²) in [4.78, 5) is 18.5. The van der Waals surface area contributed by atoms with Gasteiger partial charge in [-0.25, -0.2) is 14.8 Å². The number of aryl methyl sites for hydroxylation is 1. The fourth-order valence-electron chi connectivity index (χ4n) is 1.07. The maximum atomic E-state index is 10.6. The van der Waals surface area contributed by atoms with Crippen molar-refractivity contribution in [1.82, 2.24) is 19.7 Å². The minimum Gasteiger partial charge on any atom is -0.476 e. The zero-order chi connectivity index (χ0) is 11.5. The van der Waals surface area contributed by atoms with Crippen LogP contribution in [0.2, 0.25) is 0 Å². The molecular weight excluding hydrogens is 230 g/mol. The van der Waals surface area contributed by atoms with Crippen LogP contribution in [0.25, 0.3) is 0 Å². The number of aromatic nitrogens is 4. The number of thiazole rings is 1. The van der Waals surface area contributed by atoms with E-state index in [1.807, 2.05) is 0 Å². The molecule has 2 heterocycles. The Morgan fingerprint density at radius 1 is 1.69 bits per heavy atom. The third kappa shape index (κ3) is 2.34. The summed E-state index contributed by atoms with van der Waals surface area (Å²) in [6.45, 7) is 0.424. The second kappa shape index (κ2) is 4.27. The van der Waals surface area contributed by atoms with E-state index in [4.69, 9.17) is 5.11 Å². The normalized spacial score (nSPS) is 10.3. The Labute approximate surface area is 94.8 Å². The highest BCUT2D eigenvalue weighted by Gasteiger charge is 2.08. The first kappa shape index (κ1) is 10.6. The van der Waals surface area contributed by atoms with Crippen LogP contribution in [-0.4, -0.2) is 30.8 Å². The Morgan fingerprint density at radius 3 is 3.06 bits per heavy atom. The van der Waals surface area contributed by atoms with E-state index in [0.717, 1.165) is 0 Å². The van der Waals surface area contributed by atoms with Crippen molar-refractivity contribution in [2.75, 3.05) is 5.32 Å². The predicted molar refractivity (Wildman–Crippen MR) is 57.4 cm³/mol. The summed E-state index contributed by atoms with van der Waals surface area (Å²) in [5.74, 6) is -0.394. The zero-order valence-corrected chi connectivity index (χ0v) is 9.23. The lowest BCUT2D eigenvalue weighted by atomic mass is 10.5. The molecule has 16 heavy (non-hydrogen) atoms. The molecule has 2 aromatic rings. The minimum atomic E-state index is -1.03. The van der Waals surface area contributed by atoms with Crippen molar-refractivity contribution in [3.8, 4) is 0 Å². The standard InChI is InChI=1S/C8H9N5O2S/c1-13-4-10-6(12-13)2-9-8-11-5(3-16-8)7(14)15/h3-4H,2H2,1H3,(H,9,11)(H,14,15). The topological polar surface area (TPSA) is 92.9 Å². The Hall–Kier alpha value is -1.96. The monoisotopic (exact) mass is 239 g/mol. The van der Waals surface area contributed by atoms with Gasteiger partial charge in [0.05, 0.1) is 6.54 Å². The first-order valence-electron chi connectivity index (χ1n) is 4.42. The van der Waals surface area contributed by atoms with Gasteiger partial charge in [0.2, 0.25) is 0 Å². The number of hydrogen-bond donors (Lipinski definition) is 2. The van der Waals surface area contributed by atoms with Crippen molar-refractivity contribution in [2.24, 2.45) is 7.05 Å². The molecule has 0 atom stereocenters. The molecule has 0 spiro atoms. The molecule has 0 fully saturated rings. The molecule has 2 rings (SSSR count). The van der Waals surface area contributed by atoms with Crippen LogP contribution < -0.4 is 5.32 Å². The van der Waals surface area contributed by atoms with Crippen molar-refractivity contribution >= 4 is 22.4 Å². The fourth-order valence-corrected chi connectivity index (χ4v) is 1.76. The Balaban J connectivity index is 1.97. The molecular formula is C8H9N5O2S. The quantitative estimate of drug-likeness (QED) is 0.810. The average Bonchev–Trinajstić information content (AvgIpc) is 2.83. The van der Waals surface area contributed by atoms with Crippen LogP contribution >= 0.6 is 11.3 Å². The number of carboxylic acids is 1. The molecule has 0 aliphatic rings. The SMILES string of the molecule is Cn1cnc(CNc2nc(C(=O)O)cs2)n1. The fraction of sp³-hybridized carbons (Fsp3) is 0.250. The van der Waals surface area contributed by atoms with E-state index in [2.05, 4.69) is 20.4 Å². The van der Waals surface area contributed by atoms with E-state index in [-0.39, 0.29) is 5.69 Å². The number of rotatable bonds is 4. The van der Waals surface area contributed by atoms with Crippen molar-refractivity contribution in [1.29, 1.82) is 0 Å². The van der Waals surface area contributed by atoms with Gasteiger partial charge in [-0.2, -0.15) is 5.10 Å². The second-order valence-electron chi connectivity index (χ2n) is 3.03. The molecule has 0 saturated heterocycles. The van der Waals surface area contributed by atoms with Crippen LogP contribution in [0, 0.1) is 0 Å². The van der Waals surface area contributed by atoms with Crippen molar-refractivity contribution < 1.29 is 9.90 Å². The lowest BCUT2D eigenvalue weighted by Crippen LogP contribution is -2.03. The number of nitrogens with zero attached hydrogens (tertiary/aromatic N) is 4. The molecule has 0 aliphatic carbocycles. The van der Waals surface area contributed by atoms with E-state index >= 15 is 0 Å². The highest BCUT2D eigenvalue weighted by molar-refractivity contribution is 7.13. The van der Waals surface area contributed by atoms with E-state index < -0.39 is 5.97 Å². The van der Waals surface area contributed by atoms with Gasteiger partial charge in [-0.05, 0) is 0 Å². The van der Waals surface area contributed by atoms with E-state index in [1.54, 1.807) is 18.1 Å². The van der Waals surface area contributed by atoms with Gasteiger partial charge in [0.1, 0.15) is 6.33 Å². The van der Waals surface area contributed by atoms with Crippen LogP contribution in [0.4, 0.5) is 5.13 Å². The number of aromatic carboxylic acids is 1. The third-order valence-corrected chi connectivity index (χ3v) is 2.57. The van der Waals surface area contributed by atoms with Gasteiger partial charge >= 0.3 is 5.97 Å². The van der Waals surface area contributed by atoms with Crippen LogP contribution in [0.1, 0.15) is 16.3 Å². The summed E-state index contributed by atoms with van der Waals surface area (Å²) < 4.78 is 1.60. The van der Waals surface area contributed by atoms with Gasteiger partial charge in [0, 0.05) is 12.4 Å². The van der Waals surface area contributed by atoms with Gasteiger partial charge < -0.3 is 10.4 Å². The van der Waals surface area contributed by atoms with Crippen LogP contribution in [-0.2, 0) is 13.6 Å². The van der Waals surface area contributed by atoms with Crippen LogP contribution in [0.5, 0.6) is 0 Å². The molecule has 8 heteroatoms. The predicted octanol–water partition coefficient (Wildman–Crippen LogP) is 0.582. The molecule has 0 aromatic carbocycles. The summed E-state index contributed by atoms with van der Waals surface area (Å²) in [7, 11) is 1.78. The lowest BCUT2D eigenvalue weighted by molar-refractivity contribution is 0.0691. The number of anilines is 1. The summed E-state index contributed by atoms with van der Waals surface area (Å²) in [6.07, 6.45) is 1.60. The first-order valence-corrected chi connectivity index (χ1v) is 5.30. The minimum absolute atomic E-state index is 0.0430. The summed E-state index contributed by atoms with van der Waals surface area (Å²) in [6, 6.07) is 0. The highest BCUT2D eigenvalue weighted by Crippen LogP contribution is 2.15. The molecule has 0 radical (unpaired) electrons. The Kier molecular flexibility index (Phi) is 2.82. The molecule has 0 saturated carbocycles. The number of nitrogens with one attached hydrogen (secondary N) is 1. The molecule has 0 bridgehead atoms. The maximum Gasteiger partial charge on any atom is 0.355 e. The molecule has 0 unspecified atom stereocenters.